The van der Waals surface area contributed by atoms with Crippen LogP contribution in [-0.2, 0) is 6.54 Å². The van der Waals surface area contributed by atoms with Gasteiger partial charge in [-0.3, -0.25) is 4.79 Å². The molecule has 7 heteroatoms. The molecule has 1 atom stereocenters. The summed E-state index contributed by atoms with van der Waals surface area (Å²) >= 11 is 0. The molecular formula is C25H24FNO5. The van der Waals surface area contributed by atoms with Crippen molar-refractivity contribution in [2.45, 2.75) is 12.6 Å². The first-order valence-corrected chi connectivity index (χ1v) is 10.1. The minimum atomic E-state index is -0.431. The van der Waals surface area contributed by atoms with Gasteiger partial charge in [-0.2, -0.15) is 0 Å². The van der Waals surface area contributed by atoms with Gasteiger partial charge in [-0.05, 0) is 65.7 Å². The predicted molar refractivity (Wildman–Crippen MR) is 117 cm³/mol. The van der Waals surface area contributed by atoms with Gasteiger partial charge in [0.25, 0.3) is 5.91 Å². The van der Waals surface area contributed by atoms with E-state index in [9.17, 15) is 9.18 Å². The van der Waals surface area contributed by atoms with Crippen LogP contribution in [0.2, 0.25) is 0 Å². The summed E-state index contributed by atoms with van der Waals surface area (Å²) < 4.78 is 35.8. The third kappa shape index (κ3) is 4.19. The molecule has 0 aromatic heterocycles. The average Bonchev–Trinajstić information content (AvgIpc) is 3.14. The fraction of sp³-hybridized carbons (Fsp3) is 0.240. The summed E-state index contributed by atoms with van der Waals surface area (Å²) in [5.74, 6) is 1.97. The topological polar surface area (TPSA) is 57.2 Å². The Bertz CT molecular complexity index is 1120. The third-order valence-corrected chi connectivity index (χ3v) is 5.54. The summed E-state index contributed by atoms with van der Waals surface area (Å²) in [6, 6.07) is 16.5. The molecule has 0 saturated carbocycles. The van der Waals surface area contributed by atoms with E-state index in [0.717, 1.165) is 11.3 Å². The molecule has 1 heterocycles. The van der Waals surface area contributed by atoms with Crippen molar-refractivity contribution in [3.63, 3.8) is 0 Å². The molecule has 3 aromatic carbocycles. The van der Waals surface area contributed by atoms with Crippen LogP contribution in [0, 0.1) is 5.82 Å². The van der Waals surface area contributed by atoms with E-state index in [1.165, 1.54) is 18.2 Å². The zero-order chi connectivity index (χ0) is 22.7. The van der Waals surface area contributed by atoms with E-state index in [0.29, 0.717) is 28.4 Å². The number of fused-ring (bicyclic) bond motifs is 1. The Balaban J connectivity index is 1.66. The number of rotatable bonds is 8. The van der Waals surface area contributed by atoms with Gasteiger partial charge in [0.05, 0.1) is 27.4 Å². The Morgan fingerprint density at radius 1 is 0.875 bits per heavy atom. The maximum atomic E-state index is 13.8. The molecule has 0 N–H and O–H groups in total. The van der Waals surface area contributed by atoms with Crippen LogP contribution in [0.3, 0.4) is 0 Å². The summed E-state index contributed by atoms with van der Waals surface area (Å²) in [5.41, 5.74) is 1.98. The summed E-state index contributed by atoms with van der Waals surface area (Å²) in [7, 11) is 4.73. The Morgan fingerprint density at radius 3 is 2.28 bits per heavy atom. The molecule has 4 rings (SSSR count). The number of nitrogens with zero attached hydrogens (tertiary/aromatic N) is 1. The number of benzene rings is 3. The normalized spacial score (nSPS) is 13.5. The fourth-order valence-electron chi connectivity index (χ4n) is 3.84. The van der Waals surface area contributed by atoms with Gasteiger partial charge in [0.1, 0.15) is 23.9 Å². The van der Waals surface area contributed by atoms with Crippen molar-refractivity contribution in [3.8, 4) is 23.0 Å². The Morgan fingerprint density at radius 2 is 1.59 bits per heavy atom. The first kappa shape index (κ1) is 21.5. The number of hydrogen-bond acceptors (Lipinski definition) is 5. The number of methoxy groups -OCH3 is 3. The van der Waals surface area contributed by atoms with Crippen LogP contribution in [0.15, 0.2) is 60.7 Å². The van der Waals surface area contributed by atoms with Crippen LogP contribution in [-0.4, -0.2) is 38.7 Å². The van der Waals surface area contributed by atoms with Gasteiger partial charge in [-0.1, -0.05) is 6.07 Å². The second-order valence-corrected chi connectivity index (χ2v) is 7.35. The van der Waals surface area contributed by atoms with Gasteiger partial charge in [0.15, 0.2) is 11.5 Å². The number of halogens is 1. The molecule has 1 amide bonds. The number of carbonyl (C=O) groups is 1. The van der Waals surface area contributed by atoms with E-state index in [1.54, 1.807) is 56.6 Å². The van der Waals surface area contributed by atoms with Crippen molar-refractivity contribution in [3.05, 3.63) is 83.2 Å². The lowest BCUT2D eigenvalue weighted by atomic mass is 10.0. The van der Waals surface area contributed by atoms with Gasteiger partial charge >= 0.3 is 0 Å². The van der Waals surface area contributed by atoms with Crippen LogP contribution in [0.5, 0.6) is 23.0 Å². The smallest absolute Gasteiger partial charge is 0.255 e. The minimum absolute atomic E-state index is 0.168. The summed E-state index contributed by atoms with van der Waals surface area (Å²) in [4.78, 5) is 14.9. The van der Waals surface area contributed by atoms with Crippen molar-refractivity contribution in [2.75, 3.05) is 27.9 Å². The second-order valence-electron chi connectivity index (χ2n) is 7.35. The first-order chi connectivity index (χ1) is 15.5. The molecule has 1 aliphatic rings. The molecule has 6 nitrogen and oxygen atoms in total. The van der Waals surface area contributed by atoms with Crippen molar-refractivity contribution in [2.24, 2.45) is 0 Å². The van der Waals surface area contributed by atoms with E-state index in [2.05, 4.69) is 0 Å². The SMILES string of the molecule is COc1ccc(OCC(c2ccc(OC)c(OC)c2)N2Cc3cc(F)ccc3C2=O)cc1. The lowest BCUT2D eigenvalue weighted by Crippen LogP contribution is -2.33. The van der Waals surface area contributed by atoms with Gasteiger partial charge in [-0.25, -0.2) is 4.39 Å². The molecule has 0 bridgehead atoms. The highest BCUT2D eigenvalue weighted by molar-refractivity contribution is 5.98. The Kier molecular flexibility index (Phi) is 6.16. The van der Waals surface area contributed by atoms with Crippen LogP contribution >= 0.6 is 0 Å². The van der Waals surface area contributed by atoms with Crippen molar-refractivity contribution in [1.29, 1.82) is 0 Å². The van der Waals surface area contributed by atoms with Gasteiger partial charge in [0.2, 0.25) is 0 Å². The highest BCUT2D eigenvalue weighted by Gasteiger charge is 2.34. The largest absolute Gasteiger partial charge is 0.497 e. The summed E-state index contributed by atoms with van der Waals surface area (Å²) in [6.07, 6.45) is 0. The van der Waals surface area contributed by atoms with Crippen molar-refractivity contribution >= 4 is 5.91 Å². The van der Waals surface area contributed by atoms with Crippen molar-refractivity contribution in [1.82, 2.24) is 4.90 Å². The molecule has 0 aliphatic carbocycles. The summed E-state index contributed by atoms with van der Waals surface area (Å²) in [6.45, 7) is 0.487. The zero-order valence-corrected chi connectivity index (χ0v) is 18.1. The van der Waals surface area contributed by atoms with E-state index < -0.39 is 6.04 Å². The molecule has 3 aromatic rings. The van der Waals surface area contributed by atoms with E-state index in [4.69, 9.17) is 18.9 Å². The maximum absolute atomic E-state index is 13.8. The Hall–Kier alpha value is -3.74. The first-order valence-electron chi connectivity index (χ1n) is 10.1. The highest BCUT2D eigenvalue weighted by Crippen LogP contribution is 2.36. The van der Waals surface area contributed by atoms with E-state index in [-0.39, 0.29) is 24.9 Å². The molecular weight excluding hydrogens is 413 g/mol. The van der Waals surface area contributed by atoms with E-state index in [1.807, 2.05) is 12.1 Å². The van der Waals surface area contributed by atoms with Gasteiger partial charge in [-0.15, -0.1) is 0 Å². The molecule has 32 heavy (non-hydrogen) atoms. The molecule has 0 fully saturated rings. The molecule has 166 valence electrons. The molecule has 0 radical (unpaired) electrons. The van der Waals surface area contributed by atoms with Crippen molar-refractivity contribution < 1.29 is 28.1 Å². The minimum Gasteiger partial charge on any atom is -0.497 e. The second kappa shape index (κ2) is 9.18. The van der Waals surface area contributed by atoms with Crippen LogP contribution in [0.1, 0.15) is 27.5 Å². The average molecular weight is 437 g/mol. The van der Waals surface area contributed by atoms with Gasteiger partial charge < -0.3 is 23.8 Å². The van der Waals surface area contributed by atoms with Crippen LogP contribution in [0.25, 0.3) is 0 Å². The van der Waals surface area contributed by atoms with Gasteiger partial charge in [0, 0.05) is 12.1 Å². The number of hydrogen-bond donors (Lipinski definition) is 0. The third-order valence-electron chi connectivity index (χ3n) is 5.54. The lowest BCUT2D eigenvalue weighted by Gasteiger charge is -2.29. The van der Waals surface area contributed by atoms with Crippen LogP contribution < -0.4 is 18.9 Å². The monoisotopic (exact) mass is 437 g/mol. The summed E-state index contributed by atoms with van der Waals surface area (Å²) in [5, 5.41) is 0. The maximum Gasteiger partial charge on any atom is 0.255 e. The van der Waals surface area contributed by atoms with Crippen LogP contribution in [0.4, 0.5) is 4.39 Å². The predicted octanol–water partition coefficient (Wildman–Crippen LogP) is 4.63. The highest BCUT2D eigenvalue weighted by atomic mass is 19.1. The molecule has 1 unspecified atom stereocenters. The molecule has 1 aliphatic heterocycles. The molecule has 0 saturated heterocycles. The molecule has 0 spiro atoms. The zero-order valence-electron chi connectivity index (χ0n) is 18.1. The lowest BCUT2D eigenvalue weighted by molar-refractivity contribution is 0.0635. The standard InChI is InChI=1S/C25H24FNO5/c1-29-19-6-8-20(9-7-19)32-15-22(16-4-11-23(30-2)24(13-16)31-3)27-14-17-12-18(26)5-10-21(17)25(27)28/h4-13,22H,14-15H2,1-3H3. The number of carbonyl (C=O) groups excluding carboxylic acids is 1. The number of amides is 1. The quantitative estimate of drug-likeness (QED) is 0.514. The Labute approximate surface area is 186 Å². The van der Waals surface area contributed by atoms with E-state index >= 15 is 0 Å². The fourth-order valence-corrected chi connectivity index (χ4v) is 3.84. The number of ether oxygens (including phenoxy) is 4.